The fourth-order valence-corrected chi connectivity index (χ4v) is 1.27. The van der Waals surface area contributed by atoms with Gasteiger partial charge in [0.1, 0.15) is 5.60 Å². The lowest BCUT2D eigenvalue weighted by Gasteiger charge is -2.19. The molecule has 0 spiro atoms. The number of carbonyl (C=O) groups is 1. The maximum absolute atomic E-state index is 11.5. The highest BCUT2D eigenvalue weighted by molar-refractivity contribution is 5.86. The zero-order valence-electron chi connectivity index (χ0n) is 10.7. The van der Waals surface area contributed by atoms with Gasteiger partial charge in [-0.1, -0.05) is 0 Å². The summed E-state index contributed by atoms with van der Waals surface area (Å²) in [7, 11) is 0. The van der Waals surface area contributed by atoms with E-state index in [0.717, 1.165) is 0 Å². The van der Waals surface area contributed by atoms with Crippen molar-refractivity contribution in [3.05, 3.63) is 27.9 Å². The first kappa shape index (κ1) is 13.9. The van der Waals surface area contributed by atoms with Crippen molar-refractivity contribution in [1.29, 1.82) is 0 Å². The summed E-state index contributed by atoms with van der Waals surface area (Å²) in [5.41, 5.74) is -0.493. The van der Waals surface area contributed by atoms with Gasteiger partial charge in [0.15, 0.2) is 0 Å². The van der Waals surface area contributed by atoms with Crippen molar-refractivity contribution in [2.24, 2.45) is 0 Å². The summed E-state index contributed by atoms with van der Waals surface area (Å²) in [5, 5.41) is 13.2. The molecule has 1 N–H and O–H groups in total. The zero-order chi connectivity index (χ0) is 13.9. The molecule has 0 bridgehead atoms. The number of aromatic nitrogens is 1. The van der Waals surface area contributed by atoms with Gasteiger partial charge >= 0.3 is 11.8 Å². The summed E-state index contributed by atoms with van der Waals surface area (Å²) in [6, 6.07) is 1.50. The molecule has 0 unspecified atom stereocenters. The number of ether oxygens (including phenoxy) is 1. The Hall–Kier alpha value is -2.18. The van der Waals surface area contributed by atoms with Crippen LogP contribution in [-0.4, -0.2) is 21.6 Å². The normalized spacial score (nSPS) is 10.9. The van der Waals surface area contributed by atoms with Crippen LogP contribution in [0.2, 0.25) is 0 Å². The van der Waals surface area contributed by atoms with Crippen LogP contribution < -0.4 is 5.32 Å². The second-order valence-corrected chi connectivity index (χ2v) is 4.71. The van der Waals surface area contributed by atoms with Gasteiger partial charge in [-0.3, -0.25) is 15.4 Å². The van der Waals surface area contributed by atoms with Gasteiger partial charge in [-0.05, 0) is 33.8 Å². The topological polar surface area (TPSA) is 94.4 Å². The third-order valence-electron chi connectivity index (χ3n) is 1.93. The number of aryl methyl sites for hydroxylation is 1. The lowest BCUT2D eigenvalue weighted by Crippen LogP contribution is -2.27. The molecule has 0 saturated carbocycles. The number of carbonyl (C=O) groups excluding carboxylic acids is 1. The van der Waals surface area contributed by atoms with Crippen molar-refractivity contribution in [2.45, 2.75) is 33.3 Å². The van der Waals surface area contributed by atoms with Crippen LogP contribution in [0.1, 0.15) is 26.3 Å². The van der Waals surface area contributed by atoms with Crippen LogP contribution in [0.15, 0.2) is 12.3 Å². The Morgan fingerprint density at radius 1 is 1.50 bits per heavy atom. The van der Waals surface area contributed by atoms with E-state index in [2.05, 4.69) is 10.3 Å². The molecule has 1 amide bonds. The summed E-state index contributed by atoms with van der Waals surface area (Å²) < 4.78 is 5.00. The maximum Gasteiger partial charge on any atom is 0.413 e. The van der Waals surface area contributed by atoms with E-state index in [4.69, 9.17) is 4.74 Å². The highest BCUT2D eigenvalue weighted by Gasteiger charge is 2.23. The molecule has 0 atom stereocenters. The van der Waals surface area contributed by atoms with Crippen LogP contribution in [0.5, 0.6) is 0 Å². The molecule has 0 fully saturated rings. The number of nitrogens with one attached hydrogen (secondary N) is 1. The van der Waals surface area contributed by atoms with E-state index in [1.165, 1.54) is 12.3 Å². The SMILES string of the molecule is Cc1ccnc(NC(=O)OC(C)(C)C)c1[N+](=O)[O-]. The number of pyridine rings is 1. The summed E-state index contributed by atoms with van der Waals surface area (Å²) in [4.78, 5) is 25.6. The molecule has 1 heterocycles. The Bertz CT molecular complexity index is 480. The average molecular weight is 253 g/mol. The van der Waals surface area contributed by atoms with Crippen LogP contribution in [0.25, 0.3) is 0 Å². The minimum absolute atomic E-state index is 0.116. The van der Waals surface area contributed by atoms with Gasteiger partial charge in [0, 0.05) is 11.8 Å². The van der Waals surface area contributed by atoms with Crippen LogP contribution in [0, 0.1) is 17.0 Å². The Morgan fingerprint density at radius 2 is 2.11 bits per heavy atom. The molecule has 7 nitrogen and oxygen atoms in total. The molecule has 1 aromatic heterocycles. The van der Waals surface area contributed by atoms with Gasteiger partial charge in [-0.25, -0.2) is 9.78 Å². The van der Waals surface area contributed by atoms with Gasteiger partial charge in [0.05, 0.1) is 4.92 Å². The fraction of sp³-hybridized carbons (Fsp3) is 0.455. The van der Waals surface area contributed by atoms with E-state index < -0.39 is 16.6 Å². The number of nitrogens with zero attached hydrogens (tertiary/aromatic N) is 2. The predicted octanol–water partition coefficient (Wildman–Crippen LogP) is 2.65. The molecule has 0 saturated heterocycles. The Labute approximate surface area is 104 Å². The first-order valence-corrected chi connectivity index (χ1v) is 5.30. The van der Waals surface area contributed by atoms with Crippen molar-refractivity contribution >= 4 is 17.6 Å². The quantitative estimate of drug-likeness (QED) is 0.645. The van der Waals surface area contributed by atoms with Gasteiger partial charge in [-0.2, -0.15) is 0 Å². The van der Waals surface area contributed by atoms with E-state index >= 15 is 0 Å². The van der Waals surface area contributed by atoms with Crippen LogP contribution in [0.3, 0.4) is 0 Å². The molecule has 1 aromatic rings. The zero-order valence-corrected chi connectivity index (χ0v) is 10.7. The Kier molecular flexibility index (Phi) is 3.85. The second-order valence-electron chi connectivity index (χ2n) is 4.71. The number of amides is 1. The average Bonchev–Trinajstić information content (AvgIpc) is 2.13. The number of anilines is 1. The smallest absolute Gasteiger partial charge is 0.413 e. The Morgan fingerprint density at radius 3 is 2.61 bits per heavy atom. The molecule has 18 heavy (non-hydrogen) atoms. The number of hydrogen-bond acceptors (Lipinski definition) is 5. The summed E-state index contributed by atoms with van der Waals surface area (Å²) in [5.74, 6) is -0.116. The summed E-state index contributed by atoms with van der Waals surface area (Å²) >= 11 is 0. The molecule has 0 aliphatic rings. The lowest BCUT2D eigenvalue weighted by atomic mass is 10.2. The van der Waals surface area contributed by atoms with Crippen LogP contribution >= 0.6 is 0 Å². The van der Waals surface area contributed by atoms with Crippen molar-refractivity contribution < 1.29 is 14.5 Å². The second kappa shape index (κ2) is 4.99. The molecule has 0 aromatic carbocycles. The molecule has 98 valence electrons. The fourth-order valence-electron chi connectivity index (χ4n) is 1.27. The highest BCUT2D eigenvalue weighted by Crippen LogP contribution is 2.25. The van der Waals surface area contributed by atoms with Crippen LogP contribution in [-0.2, 0) is 4.74 Å². The number of rotatable bonds is 2. The predicted molar refractivity (Wildman–Crippen MR) is 65.5 cm³/mol. The molecular formula is C11H15N3O4. The van der Waals surface area contributed by atoms with Crippen LogP contribution in [0.4, 0.5) is 16.3 Å². The highest BCUT2D eigenvalue weighted by atomic mass is 16.6. The van der Waals surface area contributed by atoms with Crippen molar-refractivity contribution in [3.8, 4) is 0 Å². The molecule has 0 aliphatic carbocycles. The largest absolute Gasteiger partial charge is 0.444 e. The molecule has 7 heteroatoms. The van der Waals surface area contributed by atoms with Crippen molar-refractivity contribution in [3.63, 3.8) is 0 Å². The molecule has 0 radical (unpaired) electrons. The van der Waals surface area contributed by atoms with Gasteiger partial charge in [0.2, 0.25) is 5.82 Å². The molecule has 1 rings (SSSR count). The van der Waals surface area contributed by atoms with Gasteiger partial charge < -0.3 is 4.74 Å². The van der Waals surface area contributed by atoms with E-state index in [-0.39, 0.29) is 11.5 Å². The maximum atomic E-state index is 11.5. The minimum Gasteiger partial charge on any atom is -0.444 e. The van der Waals surface area contributed by atoms with E-state index in [9.17, 15) is 14.9 Å². The van der Waals surface area contributed by atoms with E-state index in [0.29, 0.717) is 5.56 Å². The first-order chi connectivity index (χ1) is 8.20. The monoisotopic (exact) mass is 253 g/mol. The minimum atomic E-state index is -0.774. The third-order valence-corrected chi connectivity index (χ3v) is 1.93. The van der Waals surface area contributed by atoms with E-state index in [1.54, 1.807) is 27.7 Å². The number of nitro groups is 1. The third kappa shape index (κ3) is 3.69. The summed E-state index contributed by atoms with van der Waals surface area (Å²) in [6.45, 7) is 6.67. The van der Waals surface area contributed by atoms with Crippen molar-refractivity contribution in [2.75, 3.05) is 5.32 Å². The van der Waals surface area contributed by atoms with E-state index in [1.807, 2.05) is 0 Å². The Balaban J connectivity index is 2.95. The number of hydrogen-bond donors (Lipinski definition) is 1. The summed E-state index contributed by atoms with van der Waals surface area (Å²) in [6.07, 6.45) is 0.610. The standard InChI is InChI=1S/C11H15N3O4/c1-7-5-6-12-9(8(7)14(16)17)13-10(15)18-11(2,3)4/h5-6H,1-4H3,(H,12,13,15). The van der Waals surface area contributed by atoms with Gasteiger partial charge in [0.25, 0.3) is 0 Å². The molecular weight excluding hydrogens is 238 g/mol. The van der Waals surface area contributed by atoms with Crippen molar-refractivity contribution in [1.82, 2.24) is 4.98 Å². The molecule has 0 aliphatic heterocycles. The first-order valence-electron chi connectivity index (χ1n) is 5.30. The van der Waals surface area contributed by atoms with Gasteiger partial charge in [-0.15, -0.1) is 0 Å². The lowest BCUT2D eigenvalue weighted by molar-refractivity contribution is -0.384.